The number of urea groups is 1. The number of thiazole rings is 1. The van der Waals surface area contributed by atoms with Gasteiger partial charge in [-0.1, -0.05) is 12.1 Å². The van der Waals surface area contributed by atoms with Crippen molar-refractivity contribution in [3.05, 3.63) is 40.9 Å². The zero-order valence-electron chi connectivity index (χ0n) is 11.7. The first-order valence-electron chi connectivity index (χ1n) is 6.22. The van der Waals surface area contributed by atoms with E-state index in [-0.39, 0.29) is 18.4 Å². The molecule has 2 aromatic rings. The summed E-state index contributed by atoms with van der Waals surface area (Å²) < 4.78 is 4.56. The molecule has 0 radical (unpaired) electrons. The Morgan fingerprint density at radius 3 is 2.86 bits per heavy atom. The van der Waals surface area contributed by atoms with Gasteiger partial charge in [0.05, 0.1) is 19.2 Å². The second-order valence-corrected chi connectivity index (χ2v) is 5.20. The summed E-state index contributed by atoms with van der Waals surface area (Å²) in [5.41, 5.74) is 2.33. The molecule has 0 saturated carbocycles. The number of anilines is 2. The summed E-state index contributed by atoms with van der Waals surface area (Å²) in [5.74, 6) is -0.365. The second-order valence-electron chi connectivity index (χ2n) is 4.35. The molecule has 0 unspecified atom stereocenters. The molecule has 2 N–H and O–H groups in total. The van der Waals surface area contributed by atoms with Gasteiger partial charge in [0, 0.05) is 11.1 Å². The number of nitrogens with one attached hydrogen (secondary N) is 2. The molecule has 2 rings (SSSR count). The lowest BCUT2D eigenvalue weighted by Gasteiger charge is -2.05. The summed E-state index contributed by atoms with van der Waals surface area (Å²) in [5, 5.41) is 7.48. The van der Waals surface area contributed by atoms with E-state index in [1.807, 2.05) is 25.1 Å². The SMILES string of the molecule is COC(=O)Cc1csc(NC(=O)Nc2cccc(C)c2)n1. The first kappa shape index (κ1) is 15.0. The smallest absolute Gasteiger partial charge is 0.325 e. The van der Waals surface area contributed by atoms with E-state index in [0.717, 1.165) is 5.56 Å². The minimum absolute atomic E-state index is 0.0914. The molecule has 1 heterocycles. The number of carbonyl (C=O) groups excluding carboxylic acids is 2. The molecule has 0 saturated heterocycles. The van der Waals surface area contributed by atoms with Crippen LogP contribution in [0.25, 0.3) is 0 Å². The summed E-state index contributed by atoms with van der Waals surface area (Å²) >= 11 is 1.25. The maximum Gasteiger partial charge on any atom is 0.325 e. The van der Waals surface area contributed by atoms with Gasteiger partial charge in [0.1, 0.15) is 0 Å². The van der Waals surface area contributed by atoms with Gasteiger partial charge in [-0.05, 0) is 24.6 Å². The molecule has 2 amide bonds. The molecule has 0 spiro atoms. The molecule has 110 valence electrons. The Hall–Kier alpha value is -2.41. The molecule has 6 nitrogen and oxygen atoms in total. The van der Waals surface area contributed by atoms with E-state index in [1.165, 1.54) is 18.4 Å². The van der Waals surface area contributed by atoms with Gasteiger partial charge in [-0.25, -0.2) is 9.78 Å². The maximum absolute atomic E-state index is 11.8. The molecule has 0 atom stereocenters. The first-order chi connectivity index (χ1) is 10.1. The molecule has 0 bridgehead atoms. The lowest BCUT2D eigenvalue weighted by atomic mass is 10.2. The fraction of sp³-hybridized carbons (Fsp3) is 0.214. The molecule has 1 aromatic carbocycles. The molecule has 0 aliphatic rings. The minimum atomic E-state index is -0.375. The van der Waals surface area contributed by atoms with Crippen LogP contribution in [0.15, 0.2) is 29.6 Å². The highest BCUT2D eigenvalue weighted by Crippen LogP contribution is 2.17. The van der Waals surface area contributed by atoms with Gasteiger partial charge in [0.25, 0.3) is 0 Å². The molecule has 21 heavy (non-hydrogen) atoms. The van der Waals surface area contributed by atoms with Crippen molar-refractivity contribution in [3.63, 3.8) is 0 Å². The van der Waals surface area contributed by atoms with Gasteiger partial charge in [-0.3, -0.25) is 10.1 Å². The zero-order valence-corrected chi connectivity index (χ0v) is 12.5. The van der Waals surface area contributed by atoms with Crippen LogP contribution >= 0.6 is 11.3 Å². The van der Waals surface area contributed by atoms with E-state index >= 15 is 0 Å². The van der Waals surface area contributed by atoms with Crippen LogP contribution in [0.3, 0.4) is 0 Å². The lowest BCUT2D eigenvalue weighted by molar-refractivity contribution is -0.139. The van der Waals surface area contributed by atoms with Crippen LogP contribution in [0, 0.1) is 6.92 Å². The Kier molecular flexibility index (Phi) is 4.89. The van der Waals surface area contributed by atoms with Crippen LogP contribution in [0.5, 0.6) is 0 Å². The number of benzene rings is 1. The molecule has 0 aliphatic carbocycles. The summed E-state index contributed by atoms with van der Waals surface area (Å²) in [6, 6.07) is 7.10. The van der Waals surface area contributed by atoms with E-state index in [1.54, 1.807) is 11.4 Å². The van der Waals surface area contributed by atoms with Gasteiger partial charge >= 0.3 is 12.0 Å². The number of hydrogen-bond donors (Lipinski definition) is 2. The highest BCUT2D eigenvalue weighted by atomic mass is 32.1. The van der Waals surface area contributed by atoms with Gasteiger partial charge in [-0.2, -0.15) is 0 Å². The van der Waals surface area contributed by atoms with Crippen molar-refractivity contribution in [2.24, 2.45) is 0 Å². The number of carbonyl (C=O) groups is 2. The van der Waals surface area contributed by atoms with E-state index < -0.39 is 0 Å². The number of hydrogen-bond acceptors (Lipinski definition) is 5. The third kappa shape index (κ3) is 4.57. The predicted octanol–water partition coefficient (Wildman–Crippen LogP) is 2.81. The highest BCUT2D eigenvalue weighted by Gasteiger charge is 2.10. The lowest BCUT2D eigenvalue weighted by Crippen LogP contribution is -2.19. The summed E-state index contributed by atoms with van der Waals surface area (Å²) in [6.45, 7) is 1.95. The molecular formula is C14H15N3O3S. The monoisotopic (exact) mass is 305 g/mol. The molecule has 0 fully saturated rings. The number of aryl methyl sites for hydroxylation is 1. The van der Waals surface area contributed by atoms with Crippen molar-refractivity contribution in [1.29, 1.82) is 0 Å². The van der Waals surface area contributed by atoms with Crippen LogP contribution in [-0.2, 0) is 16.0 Å². The Morgan fingerprint density at radius 2 is 2.14 bits per heavy atom. The normalized spacial score (nSPS) is 10.0. The number of ether oxygens (including phenoxy) is 1. The number of amides is 2. The van der Waals surface area contributed by atoms with Crippen molar-refractivity contribution in [3.8, 4) is 0 Å². The van der Waals surface area contributed by atoms with Gasteiger partial charge in [0.2, 0.25) is 0 Å². The van der Waals surface area contributed by atoms with Crippen molar-refractivity contribution in [2.45, 2.75) is 13.3 Å². The third-order valence-electron chi connectivity index (χ3n) is 2.60. The quantitative estimate of drug-likeness (QED) is 0.851. The largest absolute Gasteiger partial charge is 0.469 e. The van der Waals surface area contributed by atoms with Crippen LogP contribution in [0.1, 0.15) is 11.3 Å². The van der Waals surface area contributed by atoms with Crippen molar-refractivity contribution in [1.82, 2.24) is 4.98 Å². The van der Waals surface area contributed by atoms with E-state index in [4.69, 9.17) is 0 Å². The van der Waals surface area contributed by atoms with Gasteiger partial charge < -0.3 is 10.1 Å². The minimum Gasteiger partial charge on any atom is -0.469 e. The van der Waals surface area contributed by atoms with Crippen LogP contribution in [0.4, 0.5) is 15.6 Å². The average molecular weight is 305 g/mol. The van der Waals surface area contributed by atoms with E-state index in [0.29, 0.717) is 16.5 Å². The van der Waals surface area contributed by atoms with Crippen molar-refractivity contribution in [2.75, 3.05) is 17.7 Å². The van der Waals surface area contributed by atoms with Crippen LogP contribution in [0.2, 0.25) is 0 Å². The van der Waals surface area contributed by atoms with Crippen molar-refractivity contribution >= 4 is 34.2 Å². The van der Waals surface area contributed by atoms with E-state index in [2.05, 4.69) is 20.4 Å². The number of esters is 1. The number of aromatic nitrogens is 1. The highest BCUT2D eigenvalue weighted by molar-refractivity contribution is 7.13. The maximum atomic E-state index is 11.8. The van der Waals surface area contributed by atoms with Gasteiger partial charge in [0.15, 0.2) is 5.13 Å². The Morgan fingerprint density at radius 1 is 1.33 bits per heavy atom. The number of methoxy groups -OCH3 is 1. The fourth-order valence-corrected chi connectivity index (χ4v) is 2.35. The molecular weight excluding hydrogens is 290 g/mol. The molecule has 7 heteroatoms. The van der Waals surface area contributed by atoms with Crippen molar-refractivity contribution < 1.29 is 14.3 Å². The Balaban J connectivity index is 1.92. The predicted molar refractivity (Wildman–Crippen MR) is 81.7 cm³/mol. The average Bonchev–Trinajstić information content (AvgIpc) is 2.85. The van der Waals surface area contributed by atoms with Crippen LogP contribution < -0.4 is 10.6 Å². The van der Waals surface area contributed by atoms with E-state index in [9.17, 15) is 9.59 Å². The summed E-state index contributed by atoms with van der Waals surface area (Å²) in [7, 11) is 1.32. The Bertz CT molecular complexity index is 654. The summed E-state index contributed by atoms with van der Waals surface area (Å²) in [6.07, 6.45) is 0.0914. The van der Waals surface area contributed by atoms with Crippen LogP contribution in [-0.4, -0.2) is 24.1 Å². The second kappa shape index (κ2) is 6.85. The standard InChI is InChI=1S/C14H15N3O3S/c1-9-4-3-5-10(6-9)15-13(19)17-14-16-11(8-21-14)7-12(18)20-2/h3-6,8H,7H2,1-2H3,(H2,15,16,17,19). The topological polar surface area (TPSA) is 80.3 Å². The van der Waals surface area contributed by atoms with Gasteiger partial charge in [-0.15, -0.1) is 11.3 Å². The Labute approximate surface area is 126 Å². The summed E-state index contributed by atoms with van der Waals surface area (Å²) in [4.78, 5) is 27.1. The fourth-order valence-electron chi connectivity index (χ4n) is 1.65. The number of rotatable bonds is 4. The first-order valence-corrected chi connectivity index (χ1v) is 7.10. The zero-order chi connectivity index (χ0) is 15.2. The molecule has 1 aromatic heterocycles. The number of nitrogens with zero attached hydrogens (tertiary/aromatic N) is 1. The molecule has 0 aliphatic heterocycles. The third-order valence-corrected chi connectivity index (χ3v) is 3.41.